The first-order valence-corrected chi connectivity index (χ1v) is 7.77. The number of aryl methyl sites for hydroxylation is 1. The van der Waals surface area contributed by atoms with Gasteiger partial charge in [0.1, 0.15) is 0 Å². The number of likely N-dealkylation sites (tertiary alicyclic amines) is 1. The number of alkyl halides is 6. The van der Waals surface area contributed by atoms with Gasteiger partial charge in [0.2, 0.25) is 0 Å². The lowest BCUT2D eigenvalue weighted by Gasteiger charge is -2.24. The highest BCUT2D eigenvalue weighted by molar-refractivity contribution is 5.95. The summed E-state index contributed by atoms with van der Waals surface area (Å²) in [6.45, 7) is -1.85. The van der Waals surface area contributed by atoms with Crippen LogP contribution in [0.3, 0.4) is 0 Å². The number of hydrogen-bond acceptors (Lipinski definition) is 4. The molecule has 0 aliphatic carbocycles. The Balaban J connectivity index is 1.97. The number of aromatic nitrogens is 2. The van der Waals surface area contributed by atoms with Crippen molar-refractivity contribution in [1.29, 1.82) is 0 Å². The minimum atomic E-state index is -4.82. The molecule has 1 aromatic heterocycles. The van der Waals surface area contributed by atoms with E-state index in [1.54, 1.807) is 0 Å². The zero-order valence-corrected chi connectivity index (χ0v) is 14.0. The van der Waals surface area contributed by atoms with E-state index in [4.69, 9.17) is 0 Å². The van der Waals surface area contributed by atoms with Crippen LogP contribution in [0, 0.1) is 0 Å². The van der Waals surface area contributed by atoms with Crippen LogP contribution in [0.1, 0.15) is 28.9 Å². The van der Waals surface area contributed by atoms with Gasteiger partial charge in [0.15, 0.2) is 12.3 Å². The van der Waals surface area contributed by atoms with E-state index in [2.05, 4.69) is 15.2 Å². The van der Waals surface area contributed by atoms with Gasteiger partial charge >= 0.3 is 18.4 Å². The van der Waals surface area contributed by atoms with Crippen LogP contribution in [0.5, 0.6) is 0 Å². The minimum Gasteiger partial charge on any atom is -0.440 e. The quantitative estimate of drug-likeness (QED) is 0.785. The van der Waals surface area contributed by atoms with E-state index in [1.165, 1.54) is 7.05 Å². The van der Waals surface area contributed by atoms with Crippen LogP contribution >= 0.6 is 0 Å². The number of nitrogens with one attached hydrogen (secondary N) is 1. The molecule has 1 aliphatic heterocycles. The Bertz CT molecular complexity index is 700. The van der Waals surface area contributed by atoms with Gasteiger partial charge in [0, 0.05) is 26.3 Å². The molecule has 2 heterocycles. The lowest BCUT2D eigenvalue weighted by Crippen LogP contribution is -2.44. The maximum atomic E-state index is 12.9. The van der Waals surface area contributed by atoms with E-state index >= 15 is 0 Å². The summed E-state index contributed by atoms with van der Waals surface area (Å²) in [6.07, 6.45) is -8.96. The summed E-state index contributed by atoms with van der Waals surface area (Å²) in [5, 5.41) is 5.47. The third kappa shape index (κ3) is 5.50. The molecule has 0 spiro atoms. The normalized spacial score (nSPS) is 17.9. The third-order valence-electron chi connectivity index (χ3n) is 3.81. The second-order valence-corrected chi connectivity index (χ2v) is 5.93. The summed E-state index contributed by atoms with van der Waals surface area (Å²) < 4.78 is 80.1. The summed E-state index contributed by atoms with van der Waals surface area (Å²) in [5.41, 5.74) is -2.04. The Morgan fingerprint density at radius 2 is 1.96 bits per heavy atom. The van der Waals surface area contributed by atoms with Crippen LogP contribution in [0.25, 0.3) is 0 Å². The molecule has 1 aromatic rings. The number of hydrogen-bond donors (Lipinski definition) is 1. The highest BCUT2D eigenvalue weighted by Crippen LogP contribution is 2.30. The number of amides is 2. The van der Waals surface area contributed by atoms with Crippen molar-refractivity contribution in [2.24, 2.45) is 7.05 Å². The van der Waals surface area contributed by atoms with E-state index in [0.29, 0.717) is 12.8 Å². The van der Waals surface area contributed by atoms with Crippen molar-refractivity contribution in [3.8, 4) is 0 Å². The van der Waals surface area contributed by atoms with Crippen LogP contribution in [-0.2, 0) is 18.0 Å². The molecule has 0 aromatic carbocycles. The lowest BCUT2D eigenvalue weighted by atomic mass is 10.2. The van der Waals surface area contributed by atoms with Gasteiger partial charge in [0.25, 0.3) is 5.91 Å². The Kier molecular flexibility index (Phi) is 5.90. The standard InChI is InChI=1S/C14H16F6N4O3/c1-23-6-9(10(22-23)14(18,19)20)11(25)21-5-8-3-2-4-24(8)12(26)27-7-13(15,16)17/h6,8H,2-5,7H2,1H3,(H,21,25)/t8-/m0/s1. The molecule has 152 valence electrons. The predicted octanol–water partition coefficient (Wildman–Crippen LogP) is 2.33. The van der Waals surface area contributed by atoms with Crippen molar-refractivity contribution in [3.63, 3.8) is 0 Å². The van der Waals surface area contributed by atoms with E-state index in [9.17, 15) is 35.9 Å². The van der Waals surface area contributed by atoms with Gasteiger partial charge in [-0.25, -0.2) is 4.79 Å². The van der Waals surface area contributed by atoms with E-state index in [1.807, 2.05) is 0 Å². The molecule has 0 saturated carbocycles. The van der Waals surface area contributed by atoms with Crippen molar-refractivity contribution in [3.05, 3.63) is 17.5 Å². The van der Waals surface area contributed by atoms with Crippen LogP contribution < -0.4 is 5.32 Å². The van der Waals surface area contributed by atoms with Crippen molar-refractivity contribution in [2.75, 3.05) is 19.7 Å². The third-order valence-corrected chi connectivity index (χ3v) is 3.81. The summed E-state index contributed by atoms with van der Waals surface area (Å²) in [5.74, 6) is -1.05. The zero-order chi connectivity index (χ0) is 20.4. The summed E-state index contributed by atoms with van der Waals surface area (Å²) >= 11 is 0. The Hall–Kier alpha value is -2.47. The first-order chi connectivity index (χ1) is 12.4. The SMILES string of the molecule is Cn1cc(C(=O)NC[C@@H]2CCCN2C(=O)OCC(F)(F)F)c(C(F)(F)F)n1. The molecule has 0 unspecified atom stereocenters. The van der Waals surface area contributed by atoms with E-state index in [0.717, 1.165) is 15.8 Å². The second kappa shape index (κ2) is 7.64. The molecule has 7 nitrogen and oxygen atoms in total. The fourth-order valence-corrected chi connectivity index (χ4v) is 2.68. The summed E-state index contributed by atoms with van der Waals surface area (Å²) in [7, 11) is 1.22. The van der Waals surface area contributed by atoms with Gasteiger partial charge in [-0.1, -0.05) is 0 Å². The molecule has 13 heteroatoms. The zero-order valence-electron chi connectivity index (χ0n) is 14.0. The van der Waals surface area contributed by atoms with Gasteiger partial charge < -0.3 is 15.0 Å². The summed E-state index contributed by atoms with van der Waals surface area (Å²) in [4.78, 5) is 24.8. The molecule has 1 saturated heterocycles. The van der Waals surface area contributed by atoms with Gasteiger partial charge in [-0.05, 0) is 12.8 Å². The Morgan fingerprint density at radius 1 is 1.30 bits per heavy atom. The van der Waals surface area contributed by atoms with Crippen LogP contribution in [0.2, 0.25) is 0 Å². The molecule has 0 bridgehead atoms. The number of halogens is 6. The molecule has 1 atom stereocenters. The fraction of sp³-hybridized carbons (Fsp3) is 0.643. The number of nitrogens with zero attached hydrogens (tertiary/aromatic N) is 3. The average molecular weight is 402 g/mol. The van der Waals surface area contributed by atoms with Crippen LogP contribution in [0.15, 0.2) is 6.20 Å². The maximum absolute atomic E-state index is 12.9. The molecule has 27 heavy (non-hydrogen) atoms. The van der Waals surface area contributed by atoms with Gasteiger partial charge in [0.05, 0.1) is 11.6 Å². The van der Waals surface area contributed by atoms with Crippen LogP contribution in [-0.4, -0.2) is 58.6 Å². The predicted molar refractivity (Wildman–Crippen MR) is 77.7 cm³/mol. The van der Waals surface area contributed by atoms with Crippen LogP contribution in [0.4, 0.5) is 31.1 Å². The van der Waals surface area contributed by atoms with Gasteiger partial charge in [-0.2, -0.15) is 31.4 Å². The highest BCUT2D eigenvalue weighted by atomic mass is 19.4. The molecule has 1 aliphatic rings. The minimum absolute atomic E-state index is 0.123. The average Bonchev–Trinajstić information content (AvgIpc) is 3.15. The fourth-order valence-electron chi connectivity index (χ4n) is 2.68. The van der Waals surface area contributed by atoms with Gasteiger partial charge in [-0.3, -0.25) is 9.48 Å². The smallest absolute Gasteiger partial charge is 0.435 e. The first kappa shape index (κ1) is 20.8. The number of ether oxygens (including phenoxy) is 1. The Morgan fingerprint density at radius 3 is 2.56 bits per heavy atom. The maximum Gasteiger partial charge on any atom is 0.435 e. The first-order valence-electron chi connectivity index (χ1n) is 7.77. The molecule has 2 amide bonds. The second-order valence-electron chi connectivity index (χ2n) is 5.93. The van der Waals surface area contributed by atoms with Crippen molar-refractivity contribution >= 4 is 12.0 Å². The number of carbonyl (C=O) groups is 2. The topological polar surface area (TPSA) is 76.5 Å². The monoisotopic (exact) mass is 402 g/mol. The molecular formula is C14H16F6N4O3. The van der Waals surface area contributed by atoms with Crippen molar-refractivity contribution < 1.29 is 40.7 Å². The molecule has 0 radical (unpaired) electrons. The molecular weight excluding hydrogens is 386 g/mol. The number of carbonyl (C=O) groups excluding carboxylic acids is 2. The van der Waals surface area contributed by atoms with E-state index in [-0.39, 0.29) is 13.1 Å². The van der Waals surface area contributed by atoms with E-state index < -0.39 is 48.3 Å². The molecule has 1 fully saturated rings. The number of rotatable bonds is 4. The largest absolute Gasteiger partial charge is 0.440 e. The van der Waals surface area contributed by atoms with Gasteiger partial charge in [-0.15, -0.1) is 0 Å². The molecule has 1 N–H and O–H groups in total. The highest BCUT2D eigenvalue weighted by Gasteiger charge is 2.39. The lowest BCUT2D eigenvalue weighted by molar-refractivity contribution is -0.162. The summed E-state index contributed by atoms with van der Waals surface area (Å²) in [6, 6.07) is -0.680. The molecule has 2 rings (SSSR count). The van der Waals surface area contributed by atoms with Crippen molar-refractivity contribution in [1.82, 2.24) is 20.0 Å². The van der Waals surface area contributed by atoms with Crippen molar-refractivity contribution in [2.45, 2.75) is 31.2 Å². The Labute approximate surface area is 149 Å².